The summed E-state index contributed by atoms with van der Waals surface area (Å²) in [6.07, 6.45) is -0.767. The smallest absolute Gasteiger partial charge is 0.414 e. The van der Waals surface area contributed by atoms with Crippen molar-refractivity contribution in [3.8, 4) is 0 Å². The van der Waals surface area contributed by atoms with Crippen LogP contribution in [0.3, 0.4) is 0 Å². The third-order valence-electron chi connectivity index (χ3n) is 4.07. The van der Waals surface area contributed by atoms with E-state index < -0.39 is 0 Å². The Morgan fingerprint density at radius 1 is 0.731 bits per heavy atom. The lowest BCUT2D eigenvalue weighted by Gasteiger charge is -2.25. The van der Waals surface area contributed by atoms with Gasteiger partial charge in [0.25, 0.3) is 0 Å². The molecule has 0 aliphatic rings. The summed E-state index contributed by atoms with van der Waals surface area (Å²) in [6.45, 7) is 8.97. The molecular weight excluding hydrogens is 332 g/mol. The summed E-state index contributed by atoms with van der Waals surface area (Å²) in [5.74, 6) is 0. The van der Waals surface area contributed by atoms with Crippen LogP contribution in [-0.2, 0) is 9.47 Å². The summed E-state index contributed by atoms with van der Waals surface area (Å²) in [5, 5.41) is 1.75. The van der Waals surface area contributed by atoms with Crippen molar-refractivity contribution in [2.24, 2.45) is 0 Å². The van der Waals surface area contributed by atoms with Crippen molar-refractivity contribution in [1.82, 2.24) is 0 Å². The Bertz CT molecular complexity index is 710. The zero-order valence-corrected chi connectivity index (χ0v) is 15.8. The number of carbonyl (C=O) groups is 2. The van der Waals surface area contributed by atoms with Crippen molar-refractivity contribution in [2.75, 3.05) is 36.1 Å². The Morgan fingerprint density at radius 2 is 1.12 bits per heavy atom. The van der Waals surface area contributed by atoms with Gasteiger partial charge in [0, 0.05) is 23.9 Å². The van der Waals surface area contributed by atoms with Gasteiger partial charge in [0.1, 0.15) is 0 Å². The summed E-state index contributed by atoms with van der Waals surface area (Å²) in [5.41, 5.74) is 1.51. The predicted octanol–water partition coefficient (Wildman–Crippen LogP) is 4.81. The zero-order chi connectivity index (χ0) is 19.1. The lowest BCUT2D eigenvalue weighted by molar-refractivity contribution is 0.159. The fourth-order valence-electron chi connectivity index (χ4n) is 2.95. The van der Waals surface area contributed by atoms with Crippen molar-refractivity contribution in [3.63, 3.8) is 0 Å². The first kappa shape index (κ1) is 19.6. The number of fused-ring (bicyclic) bond motifs is 1. The van der Waals surface area contributed by atoms with Crippen LogP contribution in [0.2, 0.25) is 0 Å². The molecule has 2 aromatic carbocycles. The first-order valence-corrected chi connectivity index (χ1v) is 8.99. The molecule has 2 aromatic rings. The highest BCUT2D eigenvalue weighted by atomic mass is 16.6. The number of nitrogens with zero attached hydrogens (tertiary/aromatic N) is 2. The molecule has 6 nitrogen and oxygen atoms in total. The van der Waals surface area contributed by atoms with Crippen LogP contribution in [-0.4, -0.2) is 38.5 Å². The molecule has 0 N–H and O–H groups in total. The van der Waals surface area contributed by atoms with Gasteiger partial charge in [-0.25, -0.2) is 9.59 Å². The van der Waals surface area contributed by atoms with Crippen molar-refractivity contribution < 1.29 is 19.1 Å². The molecule has 0 aliphatic heterocycles. The Kier molecular flexibility index (Phi) is 6.83. The summed E-state index contributed by atoms with van der Waals surface area (Å²) >= 11 is 0. The molecule has 0 bridgehead atoms. The molecule has 0 fully saturated rings. The number of rotatable bonds is 6. The first-order chi connectivity index (χ1) is 12.6. The zero-order valence-electron chi connectivity index (χ0n) is 15.8. The molecule has 0 saturated carbocycles. The summed E-state index contributed by atoms with van der Waals surface area (Å²) < 4.78 is 10.3. The predicted molar refractivity (Wildman–Crippen MR) is 104 cm³/mol. The van der Waals surface area contributed by atoms with Gasteiger partial charge in [0.15, 0.2) is 0 Å². The molecule has 2 rings (SSSR count). The van der Waals surface area contributed by atoms with Crippen LogP contribution in [0.15, 0.2) is 36.4 Å². The second kappa shape index (κ2) is 9.08. The molecule has 26 heavy (non-hydrogen) atoms. The summed E-state index contributed by atoms with van der Waals surface area (Å²) in [4.78, 5) is 27.8. The molecule has 2 amide bonds. The maximum absolute atomic E-state index is 12.3. The lowest BCUT2D eigenvalue weighted by atomic mass is 10.1. The van der Waals surface area contributed by atoms with E-state index in [1.54, 1.807) is 23.6 Å². The standard InChI is InChI=1S/C20H26N2O4/c1-5-21(19(23)25-7-3)17-13-9-12-16-15(17)11-10-14-18(16)22(6-2)20(24)26-8-4/h9-14H,5-8H2,1-4H3. The molecule has 0 atom stereocenters. The molecule has 140 valence electrons. The number of amides is 2. The fraction of sp³-hybridized carbons (Fsp3) is 0.400. The minimum absolute atomic E-state index is 0.317. The highest BCUT2D eigenvalue weighted by Gasteiger charge is 2.21. The van der Waals surface area contributed by atoms with E-state index in [9.17, 15) is 9.59 Å². The molecule has 6 heteroatoms. The normalized spacial score (nSPS) is 10.5. The largest absolute Gasteiger partial charge is 0.449 e. The van der Waals surface area contributed by atoms with E-state index >= 15 is 0 Å². The lowest BCUT2D eigenvalue weighted by Crippen LogP contribution is -2.32. The molecular formula is C20H26N2O4. The van der Waals surface area contributed by atoms with Gasteiger partial charge in [0.05, 0.1) is 24.6 Å². The number of benzene rings is 2. The van der Waals surface area contributed by atoms with Gasteiger partial charge in [-0.1, -0.05) is 24.3 Å². The minimum atomic E-state index is -0.384. The molecule has 0 aromatic heterocycles. The van der Waals surface area contributed by atoms with Crippen LogP contribution in [0.4, 0.5) is 21.0 Å². The average Bonchev–Trinajstić information content (AvgIpc) is 2.64. The fourth-order valence-corrected chi connectivity index (χ4v) is 2.95. The average molecular weight is 358 g/mol. The Labute approximate surface area is 154 Å². The van der Waals surface area contributed by atoms with Crippen molar-refractivity contribution in [2.45, 2.75) is 27.7 Å². The van der Waals surface area contributed by atoms with Crippen molar-refractivity contribution in [3.05, 3.63) is 36.4 Å². The van der Waals surface area contributed by atoms with Crippen LogP contribution in [0.1, 0.15) is 27.7 Å². The van der Waals surface area contributed by atoms with Crippen LogP contribution in [0, 0.1) is 0 Å². The Morgan fingerprint density at radius 3 is 1.42 bits per heavy atom. The highest BCUT2D eigenvalue weighted by Crippen LogP contribution is 2.34. The van der Waals surface area contributed by atoms with Gasteiger partial charge in [0.2, 0.25) is 0 Å². The van der Waals surface area contributed by atoms with Crippen LogP contribution in [0.5, 0.6) is 0 Å². The molecule has 0 heterocycles. The molecule has 0 aliphatic carbocycles. The monoisotopic (exact) mass is 358 g/mol. The van der Waals surface area contributed by atoms with E-state index in [2.05, 4.69) is 0 Å². The molecule has 0 spiro atoms. The molecule has 0 radical (unpaired) electrons. The van der Waals surface area contributed by atoms with Gasteiger partial charge < -0.3 is 9.47 Å². The van der Waals surface area contributed by atoms with E-state index in [4.69, 9.17) is 9.47 Å². The maximum Gasteiger partial charge on any atom is 0.414 e. The third kappa shape index (κ3) is 3.90. The van der Waals surface area contributed by atoms with E-state index in [1.165, 1.54) is 0 Å². The topological polar surface area (TPSA) is 59.1 Å². The van der Waals surface area contributed by atoms with Gasteiger partial charge in [-0.3, -0.25) is 9.80 Å². The second-order valence-corrected chi connectivity index (χ2v) is 5.54. The first-order valence-electron chi connectivity index (χ1n) is 8.99. The van der Waals surface area contributed by atoms with E-state index in [1.807, 2.05) is 50.2 Å². The highest BCUT2D eigenvalue weighted by molar-refractivity contribution is 6.08. The van der Waals surface area contributed by atoms with E-state index in [0.717, 1.165) is 22.1 Å². The summed E-state index contributed by atoms with van der Waals surface area (Å²) in [6, 6.07) is 11.4. The van der Waals surface area contributed by atoms with Crippen LogP contribution < -0.4 is 9.80 Å². The number of carbonyl (C=O) groups excluding carboxylic acids is 2. The van der Waals surface area contributed by atoms with E-state index in [0.29, 0.717) is 26.3 Å². The van der Waals surface area contributed by atoms with Crippen molar-refractivity contribution >= 4 is 34.3 Å². The third-order valence-corrected chi connectivity index (χ3v) is 4.07. The van der Waals surface area contributed by atoms with Gasteiger partial charge in [-0.2, -0.15) is 0 Å². The van der Waals surface area contributed by atoms with Gasteiger partial charge in [-0.05, 0) is 39.8 Å². The minimum Gasteiger partial charge on any atom is -0.449 e. The second-order valence-electron chi connectivity index (χ2n) is 5.54. The number of hydrogen-bond donors (Lipinski definition) is 0. The number of anilines is 2. The SMILES string of the molecule is CCOC(=O)N(CC)c1cccc2c(N(CC)C(=O)OCC)cccc12. The Balaban J connectivity index is 2.57. The Hall–Kier alpha value is -2.76. The van der Waals surface area contributed by atoms with Gasteiger partial charge >= 0.3 is 12.2 Å². The molecule has 0 saturated heterocycles. The summed E-state index contributed by atoms with van der Waals surface area (Å²) in [7, 11) is 0. The number of hydrogen-bond acceptors (Lipinski definition) is 4. The van der Waals surface area contributed by atoms with Crippen LogP contribution >= 0.6 is 0 Å². The van der Waals surface area contributed by atoms with E-state index in [-0.39, 0.29) is 12.2 Å². The quantitative estimate of drug-likeness (QED) is 0.744. The number of ether oxygens (including phenoxy) is 2. The van der Waals surface area contributed by atoms with Crippen LogP contribution in [0.25, 0.3) is 10.8 Å². The molecule has 0 unspecified atom stereocenters. The van der Waals surface area contributed by atoms with Gasteiger partial charge in [-0.15, -0.1) is 0 Å². The maximum atomic E-state index is 12.3. The van der Waals surface area contributed by atoms with Crippen molar-refractivity contribution in [1.29, 1.82) is 0 Å².